The van der Waals surface area contributed by atoms with Gasteiger partial charge >= 0.3 is 0 Å². The van der Waals surface area contributed by atoms with E-state index in [1.54, 1.807) is 12.1 Å². The fourth-order valence-corrected chi connectivity index (χ4v) is 4.60. The van der Waals surface area contributed by atoms with Gasteiger partial charge in [-0.15, -0.1) is 0 Å². The zero-order valence-corrected chi connectivity index (χ0v) is 21.3. The first-order valence-corrected chi connectivity index (χ1v) is 12.7. The predicted octanol–water partition coefficient (Wildman–Crippen LogP) is 4.85. The molecule has 1 aliphatic carbocycles. The number of carbonyl (C=O) groups excluding carboxylic acids is 1. The van der Waals surface area contributed by atoms with Gasteiger partial charge in [-0.3, -0.25) is 4.79 Å². The summed E-state index contributed by atoms with van der Waals surface area (Å²) in [5, 5.41) is 19.8. The highest BCUT2D eigenvalue weighted by Gasteiger charge is 2.32. The molecule has 4 aromatic rings. The second-order valence-corrected chi connectivity index (χ2v) is 9.58. The number of allylic oxidation sites excluding steroid dienone is 2. The van der Waals surface area contributed by atoms with Crippen molar-refractivity contribution in [3.05, 3.63) is 109 Å². The zero-order valence-electron chi connectivity index (χ0n) is 21.3. The molecule has 7 heteroatoms. The number of nitrogens with one attached hydrogen (secondary N) is 3. The van der Waals surface area contributed by atoms with E-state index in [1.165, 1.54) is 0 Å². The van der Waals surface area contributed by atoms with Crippen molar-refractivity contribution in [1.29, 1.82) is 0 Å². The maximum atomic E-state index is 13.1. The van der Waals surface area contributed by atoms with Crippen LogP contribution in [-0.4, -0.2) is 46.7 Å². The van der Waals surface area contributed by atoms with Crippen molar-refractivity contribution in [3.63, 3.8) is 0 Å². The Morgan fingerprint density at radius 3 is 2.50 bits per heavy atom. The van der Waals surface area contributed by atoms with Crippen LogP contribution in [0, 0.1) is 5.41 Å². The second kappa shape index (κ2) is 11.4. The summed E-state index contributed by atoms with van der Waals surface area (Å²) in [7, 11) is 0. The molecule has 0 fully saturated rings. The van der Waals surface area contributed by atoms with E-state index in [-0.39, 0.29) is 24.0 Å². The smallest absolute Gasteiger partial charge is 0.251 e. The molecule has 0 aliphatic heterocycles. The number of rotatable bonds is 9. The number of aromatic nitrogens is 2. The molecule has 0 bridgehead atoms. The molecule has 38 heavy (non-hydrogen) atoms. The third kappa shape index (κ3) is 5.64. The van der Waals surface area contributed by atoms with Gasteiger partial charge in [0, 0.05) is 40.7 Å². The van der Waals surface area contributed by atoms with Crippen LogP contribution < -0.4 is 16.0 Å². The van der Waals surface area contributed by atoms with E-state index in [4.69, 9.17) is 15.1 Å². The minimum Gasteiger partial charge on any atom is -0.395 e. The molecule has 1 aromatic heterocycles. The number of aliphatic hydroxyl groups is 1. The second-order valence-electron chi connectivity index (χ2n) is 9.58. The van der Waals surface area contributed by atoms with E-state index >= 15 is 0 Å². The Kier molecular flexibility index (Phi) is 7.58. The van der Waals surface area contributed by atoms with Gasteiger partial charge < -0.3 is 21.1 Å². The van der Waals surface area contributed by atoms with Crippen LogP contribution >= 0.6 is 0 Å². The standard InChI is InChI=1S/C31H31N5O2/c1-31(21-32-19-20-37)18-8-7-13-27(31)35-29(38)23-14-16-24(17-15-23)33-30-34-26-12-6-5-11-25(26)28(36-30)22-9-3-2-4-10-22/h2-18,27,32,37H,19-21H2,1H3,(H,35,38)(H,33,34,36). The highest BCUT2D eigenvalue weighted by molar-refractivity contribution is 5.95. The van der Waals surface area contributed by atoms with E-state index < -0.39 is 0 Å². The molecule has 192 valence electrons. The quantitative estimate of drug-likeness (QED) is 0.243. The van der Waals surface area contributed by atoms with E-state index in [0.717, 1.165) is 27.8 Å². The van der Waals surface area contributed by atoms with Gasteiger partial charge in [0.15, 0.2) is 0 Å². The maximum absolute atomic E-state index is 13.1. The lowest BCUT2D eigenvalue weighted by atomic mass is 9.79. The van der Waals surface area contributed by atoms with Gasteiger partial charge in [-0.2, -0.15) is 0 Å². The fourth-order valence-electron chi connectivity index (χ4n) is 4.60. The summed E-state index contributed by atoms with van der Waals surface area (Å²) in [5.41, 5.74) is 3.78. The van der Waals surface area contributed by atoms with Crippen LogP contribution in [0.1, 0.15) is 17.3 Å². The van der Waals surface area contributed by atoms with Gasteiger partial charge in [0.2, 0.25) is 5.95 Å². The SMILES string of the molecule is CC1(CNCCO)C=CC=CC1NC(=O)c1ccc(Nc2nc(-c3ccccc3)c3ccccc3n2)cc1. The van der Waals surface area contributed by atoms with Gasteiger partial charge in [-0.25, -0.2) is 9.97 Å². The first-order chi connectivity index (χ1) is 18.6. The molecular weight excluding hydrogens is 474 g/mol. The Balaban J connectivity index is 1.31. The predicted molar refractivity (Wildman–Crippen MR) is 152 cm³/mol. The Labute approximate surface area is 222 Å². The molecular formula is C31H31N5O2. The molecule has 0 radical (unpaired) electrons. The van der Waals surface area contributed by atoms with Gasteiger partial charge in [0.1, 0.15) is 0 Å². The number of benzene rings is 3. The van der Waals surface area contributed by atoms with Crippen molar-refractivity contribution in [2.75, 3.05) is 25.0 Å². The zero-order chi connectivity index (χ0) is 26.4. The van der Waals surface area contributed by atoms with Crippen molar-refractivity contribution < 1.29 is 9.90 Å². The summed E-state index contributed by atoms with van der Waals surface area (Å²) in [5.74, 6) is 0.341. The molecule has 0 saturated heterocycles. The van der Waals surface area contributed by atoms with Crippen molar-refractivity contribution in [3.8, 4) is 11.3 Å². The van der Waals surface area contributed by atoms with Crippen LogP contribution in [0.3, 0.4) is 0 Å². The third-order valence-corrected chi connectivity index (χ3v) is 6.74. The first kappa shape index (κ1) is 25.3. The lowest BCUT2D eigenvalue weighted by Gasteiger charge is -2.36. The summed E-state index contributed by atoms with van der Waals surface area (Å²) >= 11 is 0. The Morgan fingerprint density at radius 2 is 1.71 bits per heavy atom. The van der Waals surface area contributed by atoms with Crippen molar-refractivity contribution in [1.82, 2.24) is 20.6 Å². The highest BCUT2D eigenvalue weighted by Crippen LogP contribution is 2.29. The lowest BCUT2D eigenvalue weighted by Crippen LogP contribution is -2.50. The average Bonchev–Trinajstić information content (AvgIpc) is 2.95. The number of hydrogen-bond donors (Lipinski definition) is 4. The topological polar surface area (TPSA) is 99.2 Å². The Morgan fingerprint density at radius 1 is 0.947 bits per heavy atom. The normalized spacial score (nSPS) is 18.4. The number of para-hydroxylation sites is 1. The van der Waals surface area contributed by atoms with Crippen LogP contribution in [0.2, 0.25) is 0 Å². The molecule has 2 unspecified atom stereocenters. The summed E-state index contributed by atoms with van der Waals surface area (Å²) in [6.07, 6.45) is 8.01. The average molecular weight is 506 g/mol. The molecule has 3 aromatic carbocycles. The van der Waals surface area contributed by atoms with Gasteiger partial charge in [-0.1, -0.05) is 79.8 Å². The van der Waals surface area contributed by atoms with E-state index in [9.17, 15) is 4.79 Å². The molecule has 2 atom stereocenters. The van der Waals surface area contributed by atoms with Gasteiger partial charge in [0.05, 0.1) is 23.9 Å². The van der Waals surface area contributed by atoms with Crippen LogP contribution in [-0.2, 0) is 0 Å². The molecule has 4 N–H and O–H groups in total. The molecule has 0 saturated carbocycles. The summed E-state index contributed by atoms with van der Waals surface area (Å²) in [6, 6.07) is 25.1. The highest BCUT2D eigenvalue weighted by atomic mass is 16.3. The number of hydrogen-bond acceptors (Lipinski definition) is 6. The number of nitrogens with zero attached hydrogens (tertiary/aromatic N) is 2. The number of carbonyl (C=O) groups is 1. The number of aliphatic hydroxyl groups excluding tert-OH is 1. The fraction of sp³-hybridized carbons (Fsp3) is 0.194. The van der Waals surface area contributed by atoms with E-state index in [1.807, 2.05) is 85.0 Å². The minimum atomic E-state index is -0.301. The van der Waals surface area contributed by atoms with Crippen LogP contribution in [0.15, 0.2) is 103 Å². The van der Waals surface area contributed by atoms with Gasteiger partial charge in [-0.05, 0) is 30.3 Å². The lowest BCUT2D eigenvalue weighted by molar-refractivity contribution is 0.0921. The first-order valence-electron chi connectivity index (χ1n) is 12.7. The summed E-state index contributed by atoms with van der Waals surface area (Å²) in [4.78, 5) is 22.6. The maximum Gasteiger partial charge on any atom is 0.251 e. The van der Waals surface area contributed by atoms with Crippen molar-refractivity contribution in [2.24, 2.45) is 5.41 Å². The molecule has 1 heterocycles. The number of amides is 1. The third-order valence-electron chi connectivity index (χ3n) is 6.74. The van der Waals surface area contributed by atoms with Crippen molar-refractivity contribution >= 4 is 28.4 Å². The molecule has 1 aliphatic rings. The Hall–Kier alpha value is -4.33. The van der Waals surface area contributed by atoms with E-state index in [2.05, 4.69) is 29.0 Å². The minimum absolute atomic E-state index is 0.0743. The molecule has 5 rings (SSSR count). The van der Waals surface area contributed by atoms with Gasteiger partial charge in [0.25, 0.3) is 5.91 Å². The van der Waals surface area contributed by atoms with Crippen LogP contribution in [0.25, 0.3) is 22.2 Å². The van der Waals surface area contributed by atoms with E-state index in [0.29, 0.717) is 24.6 Å². The van der Waals surface area contributed by atoms with Crippen LogP contribution in [0.4, 0.5) is 11.6 Å². The molecule has 7 nitrogen and oxygen atoms in total. The number of anilines is 2. The summed E-state index contributed by atoms with van der Waals surface area (Å²) < 4.78 is 0. The summed E-state index contributed by atoms with van der Waals surface area (Å²) in [6.45, 7) is 3.31. The molecule has 0 spiro atoms. The Bertz CT molecular complexity index is 1470. The number of fused-ring (bicyclic) bond motifs is 1. The van der Waals surface area contributed by atoms with Crippen molar-refractivity contribution in [2.45, 2.75) is 13.0 Å². The largest absolute Gasteiger partial charge is 0.395 e. The van der Waals surface area contributed by atoms with Crippen LogP contribution in [0.5, 0.6) is 0 Å². The monoisotopic (exact) mass is 505 g/mol. The molecule has 1 amide bonds.